The minimum absolute atomic E-state index is 0.0530. The molecule has 0 saturated heterocycles. The smallest absolute Gasteiger partial charge is 0.413 e. The molecule has 0 aliphatic rings. The molecule has 1 N–H and O–H groups in total. The van der Waals surface area contributed by atoms with Crippen molar-refractivity contribution in [3.8, 4) is 0 Å². The van der Waals surface area contributed by atoms with Gasteiger partial charge in [-0.3, -0.25) is 5.32 Å². The minimum Gasteiger partial charge on any atom is -0.444 e. The number of aromatic nitrogens is 1. The first-order valence-electron chi connectivity index (χ1n) is 6.22. The summed E-state index contributed by atoms with van der Waals surface area (Å²) in [6.45, 7) is 11.7. The molecular formula is C13H21ClN2O2S. The predicted octanol–water partition coefficient (Wildman–Crippen LogP) is 4.83. The van der Waals surface area contributed by atoms with Crippen LogP contribution in [0.3, 0.4) is 0 Å². The fraction of sp³-hybridized carbons (Fsp3) is 0.692. The molecule has 1 aromatic heterocycles. The van der Waals surface area contributed by atoms with Crippen LogP contribution < -0.4 is 5.32 Å². The summed E-state index contributed by atoms with van der Waals surface area (Å²) in [6, 6.07) is 0. The Balaban J connectivity index is 2.83. The van der Waals surface area contributed by atoms with E-state index in [0.717, 1.165) is 11.3 Å². The minimum atomic E-state index is -0.531. The van der Waals surface area contributed by atoms with Gasteiger partial charge in [-0.05, 0) is 27.2 Å². The molecule has 0 aromatic carbocycles. The van der Waals surface area contributed by atoms with Gasteiger partial charge >= 0.3 is 6.09 Å². The third-order valence-electron chi connectivity index (χ3n) is 2.69. The van der Waals surface area contributed by atoms with Crippen LogP contribution in [0.25, 0.3) is 0 Å². The standard InChI is InChI=1S/C13H21ClN2O2S/c1-7-13(5,6)8-9(14)15-10(19-8)16-11(17)18-12(2,3)4/h7H2,1-6H3,(H,15,16,17). The van der Waals surface area contributed by atoms with Crippen molar-refractivity contribution in [2.24, 2.45) is 0 Å². The van der Waals surface area contributed by atoms with E-state index in [0.29, 0.717) is 10.3 Å². The number of nitrogens with zero attached hydrogens (tertiary/aromatic N) is 1. The SMILES string of the molecule is CCC(C)(C)c1sc(NC(=O)OC(C)(C)C)nc1Cl. The van der Waals surface area contributed by atoms with Gasteiger partial charge < -0.3 is 4.74 Å². The first-order valence-corrected chi connectivity index (χ1v) is 7.41. The Morgan fingerprint density at radius 1 is 1.37 bits per heavy atom. The molecule has 0 radical (unpaired) electrons. The van der Waals surface area contributed by atoms with E-state index >= 15 is 0 Å². The van der Waals surface area contributed by atoms with Gasteiger partial charge in [0.1, 0.15) is 10.8 Å². The average molecular weight is 305 g/mol. The highest BCUT2D eigenvalue weighted by Crippen LogP contribution is 2.38. The summed E-state index contributed by atoms with van der Waals surface area (Å²) in [4.78, 5) is 16.8. The summed E-state index contributed by atoms with van der Waals surface area (Å²) in [5.74, 6) is 0. The summed E-state index contributed by atoms with van der Waals surface area (Å²) >= 11 is 7.52. The van der Waals surface area contributed by atoms with E-state index in [9.17, 15) is 4.79 Å². The fourth-order valence-corrected chi connectivity index (χ4v) is 2.85. The van der Waals surface area contributed by atoms with E-state index in [4.69, 9.17) is 16.3 Å². The molecular weight excluding hydrogens is 284 g/mol. The fourth-order valence-electron chi connectivity index (χ4n) is 1.32. The number of carbonyl (C=O) groups excluding carboxylic acids is 1. The van der Waals surface area contributed by atoms with Crippen LogP contribution in [0.1, 0.15) is 52.8 Å². The second kappa shape index (κ2) is 5.67. The molecule has 0 aliphatic heterocycles. The van der Waals surface area contributed by atoms with Gasteiger partial charge in [0.25, 0.3) is 0 Å². The van der Waals surface area contributed by atoms with Crippen molar-refractivity contribution in [2.75, 3.05) is 5.32 Å². The highest BCUT2D eigenvalue weighted by Gasteiger charge is 2.26. The Labute approximate surface area is 123 Å². The molecule has 4 nitrogen and oxygen atoms in total. The highest BCUT2D eigenvalue weighted by atomic mass is 35.5. The van der Waals surface area contributed by atoms with Crippen LogP contribution >= 0.6 is 22.9 Å². The molecule has 6 heteroatoms. The molecule has 1 amide bonds. The lowest BCUT2D eigenvalue weighted by atomic mass is 9.89. The van der Waals surface area contributed by atoms with E-state index in [1.807, 2.05) is 20.8 Å². The molecule has 1 heterocycles. The summed E-state index contributed by atoms with van der Waals surface area (Å²) in [7, 11) is 0. The molecule has 19 heavy (non-hydrogen) atoms. The largest absolute Gasteiger partial charge is 0.444 e. The van der Waals surface area contributed by atoms with Crippen molar-refractivity contribution in [1.82, 2.24) is 4.98 Å². The average Bonchev–Trinajstić information content (AvgIpc) is 2.57. The number of ether oxygens (including phenoxy) is 1. The number of nitrogens with one attached hydrogen (secondary N) is 1. The highest BCUT2D eigenvalue weighted by molar-refractivity contribution is 7.16. The zero-order valence-corrected chi connectivity index (χ0v) is 13.8. The maximum absolute atomic E-state index is 11.7. The second-order valence-electron chi connectivity index (χ2n) is 6.00. The Hall–Kier alpha value is -0.810. The third kappa shape index (κ3) is 4.66. The molecule has 1 aromatic rings. The Bertz CT molecular complexity index is 464. The van der Waals surface area contributed by atoms with Crippen molar-refractivity contribution in [3.63, 3.8) is 0 Å². The molecule has 0 spiro atoms. The molecule has 1 rings (SSSR count). The van der Waals surface area contributed by atoms with Crippen LogP contribution in [-0.2, 0) is 10.2 Å². The lowest BCUT2D eigenvalue weighted by Gasteiger charge is -2.20. The van der Waals surface area contributed by atoms with Crippen LogP contribution in [0, 0.1) is 0 Å². The Morgan fingerprint density at radius 3 is 2.42 bits per heavy atom. The van der Waals surface area contributed by atoms with Gasteiger partial charge in [-0.2, -0.15) is 0 Å². The lowest BCUT2D eigenvalue weighted by molar-refractivity contribution is 0.0636. The number of anilines is 1. The van der Waals surface area contributed by atoms with Crippen LogP contribution in [0.4, 0.5) is 9.93 Å². The number of thiazole rings is 1. The van der Waals surface area contributed by atoms with Crippen molar-refractivity contribution in [2.45, 2.75) is 59.0 Å². The number of hydrogen-bond donors (Lipinski definition) is 1. The molecule has 0 aliphatic carbocycles. The second-order valence-corrected chi connectivity index (χ2v) is 7.36. The number of rotatable bonds is 3. The van der Waals surface area contributed by atoms with Gasteiger partial charge in [0.05, 0.1) is 4.88 Å². The van der Waals surface area contributed by atoms with Crippen molar-refractivity contribution in [3.05, 3.63) is 10.0 Å². The monoisotopic (exact) mass is 304 g/mol. The van der Waals surface area contributed by atoms with Crippen molar-refractivity contribution >= 4 is 34.2 Å². The summed E-state index contributed by atoms with van der Waals surface area (Å²) < 4.78 is 5.18. The normalized spacial score (nSPS) is 12.4. The van der Waals surface area contributed by atoms with Crippen LogP contribution in [0.2, 0.25) is 5.15 Å². The van der Waals surface area contributed by atoms with Gasteiger partial charge in [0.15, 0.2) is 5.13 Å². The summed E-state index contributed by atoms with van der Waals surface area (Å²) in [6.07, 6.45) is 0.430. The number of carbonyl (C=O) groups is 1. The van der Waals surface area contributed by atoms with Gasteiger partial charge in [0.2, 0.25) is 0 Å². The van der Waals surface area contributed by atoms with E-state index in [-0.39, 0.29) is 5.41 Å². The Morgan fingerprint density at radius 2 is 1.95 bits per heavy atom. The first-order chi connectivity index (χ1) is 8.55. The molecule has 0 unspecified atom stereocenters. The van der Waals surface area contributed by atoms with Gasteiger partial charge in [-0.15, -0.1) is 0 Å². The van der Waals surface area contributed by atoms with Crippen molar-refractivity contribution in [1.29, 1.82) is 0 Å². The zero-order valence-electron chi connectivity index (χ0n) is 12.3. The number of halogens is 1. The molecule has 0 bridgehead atoms. The topological polar surface area (TPSA) is 51.2 Å². The van der Waals surface area contributed by atoms with E-state index < -0.39 is 11.7 Å². The molecule has 0 saturated carbocycles. The maximum Gasteiger partial charge on any atom is 0.413 e. The Kier molecular flexibility index (Phi) is 4.85. The van der Waals surface area contributed by atoms with Crippen molar-refractivity contribution < 1.29 is 9.53 Å². The molecule has 108 valence electrons. The number of amides is 1. The van der Waals surface area contributed by atoms with Gasteiger partial charge in [-0.25, -0.2) is 9.78 Å². The quantitative estimate of drug-likeness (QED) is 0.870. The van der Waals surface area contributed by atoms with E-state index in [1.165, 1.54) is 11.3 Å². The van der Waals surface area contributed by atoms with E-state index in [2.05, 4.69) is 31.1 Å². The zero-order chi connectivity index (χ0) is 14.8. The summed E-state index contributed by atoms with van der Waals surface area (Å²) in [5, 5.41) is 3.53. The number of hydrogen-bond acceptors (Lipinski definition) is 4. The predicted molar refractivity (Wildman–Crippen MR) is 80.3 cm³/mol. The van der Waals surface area contributed by atoms with Gasteiger partial charge in [-0.1, -0.05) is 43.7 Å². The van der Waals surface area contributed by atoms with Crippen LogP contribution in [-0.4, -0.2) is 16.7 Å². The molecule has 0 atom stereocenters. The van der Waals surface area contributed by atoms with Crippen LogP contribution in [0.15, 0.2) is 0 Å². The summed E-state index contributed by atoms with van der Waals surface area (Å²) in [5.41, 5.74) is -0.584. The molecule has 0 fully saturated rings. The third-order valence-corrected chi connectivity index (χ3v) is 4.41. The first kappa shape index (κ1) is 16.2. The van der Waals surface area contributed by atoms with Crippen LogP contribution in [0.5, 0.6) is 0 Å². The maximum atomic E-state index is 11.7. The lowest BCUT2D eigenvalue weighted by Crippen LogP contribution is -2.27. The van der Waals surface area contributed by atoms with E-state index in [1.54, 1.807) is 0 Å². The van der Waals surface area contributed by atoms with Gasteiger partial charge in [0, 0.05) is 5.41 Å².